The lowest BCUT2D eigenvalue weighted by Crippen LogP contribution is -2.32. The molecule has 6 nitrogen and oxygen atoms in total. The molecule has 0 bridgehead atoms. The first-order chi connectivity index (χ1) is 12.4. The molecular weight excluding hydrogens is 368 g/mol. The molecule has 0 unspecified atom stereocenters. The Labute approximate surface area is 160 Å². The molecule has 0 saturated carbocycles. The third-order valence-corrected chi connectivity index (χ3v) is 5.75. The smallest absolute Gasteiger partial charge is 0.277 e. The molecule has 1 atom stereocenters. The van der Waals surface area contributed by atoms with Crippen molar-refractivity contribution in [1.82, 2.24) is 20.1 Å². The Morgan fingerprint density at radius 2 is 2.00 bits per heavy atom. The van der Waals surface area contributed by atoms with Gasteiger partial charge in [0.2, 0.25) is 5.91 Å². The maximum absolute atomic E-state index is 12.6. The average Bonchev–Trinajstić information content (AvgIpc) is 3.20. The summed E-state index contributed by atoms with van der Waals surface area (Å²) >= 11 is 2.79. The Kier molecular flexibility index (Phi) is 5.73. The van der Waals surface area contributed by atoms with Crippen LogP contribution in [0.25, 0.3) is 10.8 Å². The van der Waals surface area contributed by atoms with Crippen molar-refractivity contribution in [1.29, 1.82) is 0 Å². The number of hydrogen-bond donors (Lipinski definition) is 0. The van der Waals surface area contributed by atoms with Crippen molar-refractivity contribution in [2.24, 2.45) is 0 Å². The number of benzene rings is 1. The summed E-state index contributed by atoms with van der Waals surface area (Å²) in [6.07, 6.45) is 0. The summed E-state index contributed by atoms with van der Waals surface area (Å²) < 4.78 is 5.72. The molecule has 26 heavy (non-hydrogen) atoms. The minimum atomic E-state index is -0.318. The molecule has 3 rings (SSSR count). The van der Waals surface area contributed by atoms with Crippen LogP contribution in [0, 0.1) is 13.8 Å². The van der Waals surface area contributed by atoms with Crippen molar-refractivity contribution in [2.75, 3.05) is 7.05 Å². The van der Waals surface area contributed by atoms with Gasteiger partial charge in [0, 0.05) is 13.6 Å². The van der Waals surface area contributed by atoms with Gasteiger partial charge < -0.3 is 9.32 Å². The molecule has 0 N–H and O–H groups in total. The van der Waals surface area contributed by atoms with E-state index < -0.39 is 0 Å². The second-order valence-electron chi connectivity index (χ2n) is 5.96. The predicted molar refractivity (Wildman–Crippen MR) is 103 cm³/mol. The predicted octanol–water partition coefficient (Wildman–Crippen LogP) is 3.95. The number of hydrogen-bond acceptors (Lipinski definition) is 7. The zero-order valence-corrected chi connectivity index (χ0v) is 16.7. The molecule has 0 aliphatic carbocycles. The van der Waals surface area contributed by atoms with Gasteiger partial charge in [0.15, 0.2) is 0 Å². The minimum Gasteiger partial charge on any atom is -0.410 e. The number of carbonyl (C=O) groups excluding carboxylic acids is 1. The Morgan fingerprint density at radius 3 is 2.65 bits per heavy atom. The zero-order valence-electron chi connectivity index (χ0n) is 15.1. The third-order valence-electron chi connectivity index (χ3n) is 3.77. The first-order valence-corrected chi connectivity index (χ1v) is 9.87. The second-order valence-corrected chi connectivity index (χ2v) is 8.46. The summed E-state index contributed by atoms with van der Waals surface area (Å²) in [4.78, 5) is 19.6. The normalized spacial score (nSPS) is 12.2. The van der Waals surface area contributed by atoms with E-state index in [4.69, 9.17) is 4.42 Å². The van der Waals surface area contributed by atoms with Crippen LogP contribution in [0.15, 0.2) is 40.0 Å². The van der Waals surface area contributed by atoms with Crippen LogP contribution >= 0.6 is 23.1 Å². The summed E-state index contributed by atoms with van der Waals surface area (Å²) in [5, 5.41) is 9.18. The number of rotatable bonds is 6. The van der Waals surface area contributed by atoms with Crippen molar-refractivity contribution in [3.8, 4) is 10.8 Å². The third kappa shape index (κ3) is 4.31. The maximum atomic E-state index is 12.6. The molecule has 0 aliphatic heterocycles. The molecule has 8 heteroatoms. The van der Waals surface area contributed by atoms with Crippen LogP contribution in [0.3, 0.4) is 0 Å². The van der Waals surface area contributed by atoms with E-state index in [1.54, 1.807) is 11.9 Å². The minimum absolute atomic E-state index is 0.0171. The molecule has 136 valence electrons. The molecule has 0 aliphatic rings. The van der Waals surface area contributed by atoms with Gasteiger partial charge >= 0.3 is 0 Å². The summed E-state index contributed by atoms with van der Waals surface area (Å²) in [5.41, 5.74) is 1.97. The number of nitrogens with zero attached hydrogens (tertiary/aromatic N) is 4. The van der Waals surface area contributed by atoms with Crippen LogP contribution in [0.4, 0.5) is 0 Å². The summed E-state index contributed by atoms with van der Waals surface area (Å²) in [7, 11) is 1.80. The molecule has 1 aromatic carbocycles. The molecule has 0 fully saturated rings. The van der Waals surface area contributed by atoms with Gasteiger partial charge in [-0.25, -0.2) is 4.98 Å². The fraction of sp³-hybridized carbons (Fsp3) is 0.333. The fourth-order valence-electron chi connectivity index (χ4n) is 2.53. The largest absolute Gasteiger partial charge is 0.410 e. The lowest BCUT2D eigenvalue weighted by molar-refractivity contribution is -0.129. The second kappa shape index (κ2) is 8.01. The first-order valence-electron chi connectivity index (χ1n) is 8.17. The quantitative estimate of drug-likeness (QED) is 0.596. The number of aromatic nitrogens is 3. The van der Waals surface area contributed by atoms with Gasteiger partial charge in [-0.05, 0) is 26.3 Å². The molecule has 0 saturated heterocycles. The molecular formula is C18H20N4O2S2. The Hall–Kier alpha value is -2.19. The molecule has 0 radical (unpaired) electrons. The number of amides is 1. The number of thioether (sulfide) groups is 1. The highest BCUT2D eigenvalue weighted by molar-refractivity contribution is 8.00. The van der Waals surface area contributed by atoms with E-state index in [9.17, 15) is 4.79 Å². The molecule has 0 spiro atoms. The number of carbonyl (C=O) groups is 1. The topological polar surface area (TPSA) is 72.1 Å². The van der Waals surface area contributed by atoms with Gasteiger partial charge in [-0.15, -0.1) is 21.5 Å². The van der Waals surface area contributed by atoms with E-state index in [2.05, 4.69) is 15.2 Å². The summed E-state index contributed by atoms with van der Waals surface area (Å²) in [5.74, 6) is 0.469. The van der Waals surface area contributed by atoms with Crippen molar-refractivity contribution in [2.45, 2.75) is 37.8 Å². The molecule has 3 aromatic rings. The van der Waals surface area contributed by atoms with Crippen LogP contribution in [-0.2, 0) is 11.3 Å². The maximum Gasteiger partial charge on any atom is 0.277 e. The lowest BCUT2D eigenvalue weighted by atomic mass is 10.2. The highest BCUT2D eigenvalue weighted by Crippen LogP contribution is 2.31. The Morgan fingerprint density at radius 1 is 1.27 bits per heavy atom. The zero-order chi connectivity index (χ0) is 18.7. The van der Waals surface area contributed by atoms with Gasteiger partial charge in [-0.1, -0.05) is 42.1 Å². The van der Waals surface area contributed by atoms with Crippen molar-refractivity contribution >= 4 is 29.0 Å². The van der Waals surface area contributed by atoms with Crippen LogP contribution in [-0.4, -0.2) is 38.3 Å². The highest BCUT2D eigenvalue weighted by Gasteiger charge is 2.22. The Bertz CT molecular complexity index is 892. The van der Waals surface area contributed by atoms with Crippen LogP contribution in [0.5, 0.6) is 0 Å². The number of aryl methyl sites for hydroxylation is 2. The van der Waals surface area contributed by atoms with Gasteiger partial charge in [0.05, 0.1) is 16.0 Å². The van der Waals surface area contributed by atoms with Crippen LogP contribution in [0.1, 0.15) is 23.2 Å². The van der Waals surface area contributed by atoms with E-state index in [0.29, 0.717) is 17.7 Å². The fourth-order valence-corrected chi connectivity index (χ4v) is 4.17. The number of thiazole rings is 1. The summed E-state index contributed by atoms with van der Waals surface area (Å²) in [6, 6.07) is 9.91. The van der Waals surface area contributed by atoms with Crippen molar-refractivity contribution in [3.63, 3.8) is 0 Å². The van der Waals surface area contributed by atoms with Gasteiger partial charge in [-0.2, -0.15) is 0 Å². The van der Waals surface area contributed by atoms with E-state index in [0.717, 1.165) is 21.1 Å². The van der Waals surface area contributed by atoms with Gasteiger partial charge in [0.25, 0.3) is 11.1 Å². The monoisotopic (exact) mass is 388 g/mol. The molecule has 2 heterocycles. The van der Waals surface area contributed by atoms with E-state index >= 15 is 0 Å². The molecule has 1 amide bonds. The van der Waals surface area contributed by atoms with Gasteiger partial charge in [0.1, 0.15) is 4.88 Å². The van der Waals surface area contributed by atoms with E-state index in [-0.39, 0.29) is 11.2 Å². The van der Waals surface area contributed by atoms with Gasteiger partial charge in [-0.3, -0.25) is 4.79 Å². The standard InChI is InChI=1S/C18H20N4O2S2/c1-11-15(26-13(3)19-11)16-20-21-18(24-16)25-12(2)17(23)22(4)10-14-8-6-5-7-9-14/h5-9,12H,10H2,1-4H3/t12-/m0/s1. The van der Waals surface area contributed by atoms with E-state index in [1.807, 2.05) is 51.1 Å². The van der Waals surface area contributed by atoms with Crippen molar-refractivity contribution in [3.05, 3.63) is 46.6 Å². The first kappa shape index (κ1) is 18.6. The average molecular weight is 389 g/mol. The molecule has 2 aromatic heterocycles. The van der Waals surface area contributed by atoms with Crippen molar-refractivity contribution < 1.29 is 9.21 Å². The lowest BCUT2D eigenvalue weighted by Gasteiger charge is -2.20. The van der Waals surface area contributed by atoms with Crippen LogP contribution in [0.2, 0.25) is 0 Å². The summed E-state index contributed by atoms with van der Waals surface area (Å²) in [6.45, 7) is 6.27. The van der Waals surface area contributed by atoms with E-state index in [1.165, 1.54) is 23.1 Å². The van der Waals surface area contributed by atoms with Crippen LogP contribution < -0.4 is 0 Å². The Balaban J connectivity index is 1.63. The highest BCUT2D eigenvalue weighted by atomic mass is 32.2. The SMILES string of the molecule is Cc1nc(C)c(-c2nnc(S[C@@H](C)C(=O)N(C)Cc3ccccc3)o2)s1.